The highest BCUT2D eigenvalue weighted by molar-refractivity contribution is 7.99. The molecule has 0 aromatic heterocycles. The molecule has 104 valence electrons. The lowest BCUT2D eigenvalue weighted by molar-refractivity contribution is 0.313. The highest BCUT2D eigenvalue weighted by Gasteiger charge is 2.43. The Morgan fingerprint density at radius 3 is 2.89 bits per heavy atom. The summed E-state index contributed by atoms with van der Waals surface area (Å²) in [6.07, 6.45) is 7.10. The number of nitrogens with two attached hydrogens (primary N) is 1. The number of hydrogen-bond donors (Lipinski definition) is 3. The first-order valence-electron chi connectivity index (χ1n) is 6.99. The number of oxime groups is 1. The molecule has 0 saturated heterocycles. The predicted octanol–water partition coefficient (Wildman–Crippen LogP) is 2.17. The molecule has 4 N–H and O–H groups in total. The van der Waals surface area contributed by atoms with Gasteiger partial charge in [0, 0.05) is 24.3 Å². The molecule has 0 aromatic carbocycles. The molecule has 18 heavy (non-hydrogen) atoms. The third-order valence-corrected chi connectivity index (χ3v) is 5.43. The smallest absolute Gasteiger partial charge is 0.139 e. The lowest BCUT2D eigenvalue weighted by atomic mass is 10.0. The molecule has 0 amide bonds. The highest BCUT2D eigenvalue weighted by Crippen LogP contribution is 2.48. The minimum Gasteiger partial charge on any atom is -0.409 e. The summed E-state index contributed by atoms with van der Waals surface area (Å²) in [6.45, 7) is 3.26. The van der Waals surface area contributed by atoms with E-state index in [4.69, 9.17) is 10.9 Å². The summed E-state index contributed by atoms with van der Waals surface area (Å²) in [6, 6.07) is 0.679. The van der Waals surface area contributed by atoms with Gasteiger partial charge in [0.05, 0.1) is 0 Å². The van der Waals surface area contributed by atoms with E-state index in [1.54, 1.807) is 0 Å². The summed E-state index contributed by atoms with van der Waals surface area (Å²) in [7, 11) is 0. The second kappa shape index (κ2) is 6.15. The van der Waals surface area contributed by atoms with Gasteiger partial charge in [0.2, 0.25) is 0 Å². The van der Waals surface area contributed by atoms with Crippen molar-refractivity contribution in [2.75, 3.05) is 12.3 Å². The number of amidine groups is 1. The summed E-state index contributed by atoms with van der Waals surface area (Å²) in [5.74, 6) is 1.60. The van der Waals surface area contributed by atoms with Crippen LogP contribution in [0.1, 0.15) is 45.4 Å². The first kappa shape index (κ1) is 14.0. The summed E-state index contributed by atoms with van der Waals surface area (Å²) in [5.41, 5.74) is 5.90. The van der Waals surface area contributed by atoms with Crippen molar-refractivity contribution in [2.45, 2.75) is 56.7 Å². The van der Waals surface area contributed by atoms with Crippen molar-refractivity contribution in [3.8, 4) is 0 Å². The molecule has 0 spiro atoms. The van der Waals surface area contributed by atoms with E-state index in [0.29, 0.717) is 11.9 Å². The van der Waals surface area contributed by atoms with Crippen LogP contribution in [0.5, 0.6) is 0 Å². The van der Waals surface area contributed by atoms with E-state index in [-0.39, 0.29) is 5.41 Å². The standard InChI is InChI=1S/C13H25N3OS/c1-2-18-11-4-3-10(7-11)15-9-13(5-6-13)8-12(14)16-17/h10-11,15,17H,2-9H2,1H3,(H2,14,16). The van der Waals surface area contributed by atoms with Crippen LogP contribution in [0.15, 0.2) is 5.16 Å². The molecule has 2 rings (SSSR count). The van der Waals surface area contributed by atoms with Crippen LogP contribution in [0.3, 0.4) is 0 Å². The molecule has 0 bridgehead atoms. The van der Waals surface area contributed by atoms with E-state index in [2.05, 4.69) is 29.2 Å². The topological polar surface area (TPSA) is 70.6 Å². The molecule has 2 aliphatic carbocycles. The van der Waals surface area contributed by atoms with Crippen LogP contribution in [0.4, 0.5) is 0 Å². The Hall–Kier alpha value is -0.420. The highest BCUT2D eigenvalue weighted by atomic mass is 32.2. The molecule has 2 saturated carbocycles. The Bertz CT molecular complexity index is 305. The van der Waals surface area contributed by atoms with Crippen molar-refractivity contribution in [1.82, 2.24) is 5.32 Å². The van der Waals surface area contributed by atoms with Crippen molar-refractivity contribution in [3.63, 3.8) is 0 Å². The lowest BCUT2D eigenvalue weighted by Crippen LogP contribution is -2.34. The zero-order chi connectivity index (χ0) is 13.0. The van der Waals surface area contributed by atoms with Crippen LogP contribution in [-0.2, 0) is 0 Å². The van der Waals surface area contributed by atoms with Gasteiger partial charge in [-0.15, -0.1) is 0 Å². The van der Waals surface area contributed by atoms with E-state index in [9.17, 15) is 0 Å². The Morgan fingerprint density at radius 1 is 1.50 bits per heavy atom. The number of thioether (sulfide) groups is 1. The predicted molar refractivity (Wildman–Crippen MR) is 77.3 cm³/mol. The summed E-state index contributed by atoms with van der Waals surface area (Å²) < 4.78 is 0. The first-order valence-corrected chi connectivity index (χ1v) is 8.04. The van der Waals surface area contributed by atoms with Crippen molar-refractivity contribution in [1.29, 1.82) is 0 Å². The average Bonchev–Trinajstić information content (AvgIpc) is 2.97. The molecule has 0 heterocycles. The minimum absolute atomic E-state index is 0.284. The maximum absolute atomic E-state index is 8.64. The number of nitrogens with zero attached hydrogens (tertiary/aromatic N) is 1. The van der Waals surface area contributed by atoms with E-state index < -0.39 is 0 Å². The summed E-state index contributed by atoms with van der Waals surface area (Å²) >= 11 is 2.09. The molecular formula is C13H25N3OS. The van der Waals surface area contributed by atoms with Crippen molar-refractivity contribution >= 4 is 17.6 Å². The van der Waals surface area contributed by atoms with Gasteiger partial charge >= 0.3 is 0 Å². The van der Waals surface area contributed by atoms with Gasteiger partial charge in [-0.2, -0.15) is 11.8 Å². The molecule has 2 fully saturated rings. The van der Waals surface area contributed by atoms with Gasteiger partial charge < -0.3 is 16.3 Å². The molecule has 2 atom stereocenters. The van der Waals surface area contributed by atoms with Gasteiger partial charge in [-0.1, -0.05) is 12.1 Å². The molecule has 2 unspecified atom stereocenters. The van der Waals surface area contributed by atoms with Gasteiger partial charge in [0.25, 0.3) is 0 Å². The number of hydrogen-bond acceptors (Lipinski definition) is 4. The fourth-order valence-electron chi connectivity index (χ4n) is 2.89. The molecule has 0 aliphatic heterocycles. The van der Waals surface area contributed by atoms with Crippen LogP contribution in [0.2, 0.25) is 0 Å². The Morgan fingerprint density at radius 2 is 2.28 bits per heavy atom. The van der Waals surface area contributed by atoms with Crippen LogP contribution >= 0.6 is 11.8 Å². The second-order valence-electron chi connectivity index (χ2n) is 5.74. The third-order valence-electron chi connectivity index (χ3n) is 4.19. The molecule has 0 aromatic rings. The van der Waals surface area contributed by atoms with Crippen molar-refractivity contribution < 1.29 is 5.21 Å². The van der Waals surface area contributed by atoms with Crippen LogP contribution in [0, 0.1) is 5.41 Å². The van der Waals surface area contributed by atoms with Gasteiger partial charge in [-0.3, -0.25) is 0 Å². The van der Waals surface area contributed by atoms with Gasteiger partial charge in [-0.25, -0.2) is 0 Å². The van der Waals surface area contributed by atoms with Crippen molar-refractivity contribution in [2.24, 2.45) is 16.3 Å². The average molecular weight is 271 g/mol. The van der Waals surface area contributed by atoms with E-state index >= 15 is 0 Å². The fraction of sp³-hybridized carbons (Fsp3) is 0.923. The van der Waals surface area contributed by atoms with Crippen LogP contribution in [0.25, 0.3) is 0 Å². The lowest BCUT2D eigenvalue weighted by Gasteiger charge is -2.19. The first-order chi connectivity index (χ1) is 8.67. The van der Waals surface area contributed by atoms with Gasteiger partial charge in [0.15, 0.2) is 0 Å². The zero-order valence-electron chi connectivity index (χ0n) is 11.2. The molecule has 4 nitrogen and oxygen atoms in total. The maximum Gasteiger partial charge on any atom is 0.139 e. The minimum atomic E-state index is 0.284. The molecule has 0 radical (unpaired) electrons. The summed E-state index contributed by atoms with van der Waals surface area (Å²) in [5, 5.41) is 16.3. The van der Waals surface area contributed by atoms with Gasteiger partial charge in [0.1, 0.15) is 5.84 Å². The fourth-order valence-corrected chi connectivity index (χ4v) is 4.03. The quantitative estimate of drug-likeness (QED) is 0.287. The Balaban J connectivity index is 1.69. The summed E-state index contributed by atoms with van der Waals surface area (Å²) in [4.78, 5) is 0. The van der Waals surface area contributed by atoms with E-state index in [0.717, 1.165) is 18.2 Å². The number of rotatable bonds is 7. The number of nitrogens with one attached hydrogen (secondary N) is 1. The van der Waals surface area contributed by atoms with E-state index in [1.165, 1.54) is 37.9 Å². The largest absolute Gasteiger partial charge is 0.409 e. The maximum atomic E-state index is 8.64. The SMILES string of the molecule is CCSC1CCC(NCC2(CC(N)=NO)CC2)C1. The normalized spacial score (nSPS) is 30.6. The van der Waals surface area contributed by atoms with Crippen LogP contribution < -0.4 is 11.1 Å². The van der Waals surface area contributed by atoms with Crippen LogP contribution in [-0.4, -0.2) is 34.6 Å². The van der Waals surface area contributed by atoms with Crippen molar-refractivity contribution in [3.05, 3.63) is 0 Å². The molecule has 2 aliphatic rings. The van der Waals surface area contributed by atoms with E-state index in [1.807, 2.05) is 0 Å². The Kier molecular flexibility index (Phi) is 4.78. The van der Waals surface area contributed by atoms with Gasteiger partial charge in [-0.05, 0) is 43.3 Å². The monoisotopic (exact) mass is 271 g/mol. The molecular weight excluding hydrogens is 246 g/mol. The zero-order valence-corrected chi connectivity index (χ0v) is 12.0. The molecule has 5 heteroatoms. The second-order valence-corrected chi connectivity index (χ2v) is 7.31. The third kappa shape index (κ3) is 3.79. The Labute approximate surface area is 114 Å².